The molecule has 2 aromatic heterocycles. The van der Waals surface area contributed by atoms with E-state index in [0.29, 0.717) is 0 Å². The molecule has 0 bridgehead atoms. The van der Waals surface area contributed by atoms with Crippen molar-refractivity contribution in [2.45, 2.75) is 19.3 Å². The van der Waals surface area contributed by atoms with Crippen molar-refractivity contribution in [3.63, 3.8) is 0 Å². The van der Waals surface area contributed by atoms with E-state index in [4.69, 9.17) is 8.83 Å². The minimum atomic E-state index is -0.197. The Morgan fingerprint density at radius 1 is 0.500 bits per heavy atom. The molecule has 0 saturated heterocycles. The van der Waals surface area contributed by atoms with Crippen LogP contribution in [0.25, 0.3) is 43.9 Å². The van der Waals surface area contributed by atoms with Crippen LogP contribution in [0.15, 0.2) is 112 Å². The van der Waals surface area contributed by atoms with Crippen molar-refractivity contribution in [1.29, 1.82) is 0 Å². The fourth-order valence-corrected chi connectivity index (χ4v) is 6.12. The quantitative estimate of drug-likeness (QED) is 0.242. The molecule has 8 rings (SSSR count). The Morgan fingerprint density at radius 3 is 1.86 bits per heavy atom. The standard InChI is InChI=1S/C33H23NO2/c1-33(2)24-13-5-6-14-26(24)34(27-15-9-12-22-20-10-3-7-16-28(20)35-31(22)27)30-25(33)19-18-23-21-11-4-8-17-29(21)36-32(23)30/h3-19H,1-2H3. The zero-order valence-corrected chi connectivity index (χ0v) is 20.1. The van der Waals surface area contributed by atoms with Crippen molar-refractivity contribution in [3.05, 3.63) is 114 Å². The minimum Gasteiger partial charge on any atom is -0.454 e. The third-order valence-corrected chi connectivity index (χ3v) is 7.86. The van der Waals surface area contributed by atoms with Crippen LogP contribution in [0, 0.1) is 0 Å². The van der Waals surface area contributed by atoms with Gasteiger partial charge in [-0.25, -0.2) is 0 Å². The molecular formula is C33H23NO2. The van der Waals surface area contributed by atoms with E-state index in [1.807, 2.05) is 24.3 Å². The first kappa shape index (κ1) is 19.8. The van der Waals surface area contributed by atoms with Gasteiger partial charge in [0.25, 0.3) is 0 Å². The molecule has 5 aromatic carbocycles. The van der Waals surface area contributed by atoms with Crippen LogP contribution in [0.3, 0.4) is 0 Å². The molecule has 0 atom stereocenters. The number of furan rings is 2. The molecule has 172 valence electrons. The zero-order chi connectivity index (χ0) is 24.0. The predicted octanol–water partition coefficient (Wildman–Crippen LogP) is 9.59. The summed E-state index contributed by atoms with van der Waals surface area (Å²) in [5.74, 6) is 0. The Labute approximate surface area is 208 Å². The maximum absolute atomic E-state index is 6.61. The van der Waals surface area contributed by atoms with Crippen molar-refractivity contribution in [1.82, 2.24) is 0 Å². The van der Waals surface area contributed by atoms with Crippen molar-refractivity contribution < 1.29 is 8.83 Å². The minimum absolute atomic E-state index is 0.197. The smallest absolute Gasteiger partial charge is 0.159 e. The van der Waals surface area contributed by atoms with Gasteiger partial charge < -0.3 is 13.7 Å². The van der Waals surface area contributed by atoms with Gasteiger partial charge in [0, 0.05) is 27.0 Å². The summed E-state index contributed by atoms with van der Waals surface area (Å²) in [5, 5.41) is 4.50. The van der Waals surface area contributed by atoms with E-state index in [1.54, 1.807) is 0 Å². The number of hydrogen-bond donors (Lipinski definition) is 0. The fraction of sp³-hybridized carbons (Fsp3) is 0.0909. The van der Waals surface area contributed by atoms with Gasteiger partial charge in [0.05, 0.1) is 17.1 Å². The summed E-state index contributed by atoms with van der Waals surface area (Å²) in [5.41, 5.74) is 9.15. The first-order valence-electron chi connectivity index (χ1n) is 12.4. The largest absolute Gasteiger partial charge is 0.454 e. The van der Waals surface area contributed by atoms with Gasteiger partial charge in [-0.1, -0.05) is 92.7 Å². The van der Waals surface area contributed by atoms with Gasteiger partial charge in [0.1, 0.15) is 11.2 Å². The van der Waals surface area contributed by atoms with Gasteiger partial charge in [-0.2, -0.15) is 0 Å². The van der Waals surface area contributed by atoms with E-state index in [-0.39, 0.29) is 5.41 Å². The molecule has 0 amide bonds. The van der Waals surface area contributed by atoms with Crippen molar-refractivity contribution in [2.75, 3.05) is 4.90 Å². The van der Waals surface area contributed by atoms with Crippen LogP contribution in [-0.4, -0.2) is 0 Å². The lowest BCUT2D eigenvalue weighted by Gasteiger charge is -2.41. The van der Waals surface area contributed by atoms with Crippen molar-refractivity contribution in [2.24, 2.45) is 0 Å². The lowest BCUT2D eigenvalue weighted by Crippen LogP contribution is -2.30. The van der Waals surface area contributed by atoms with Crippen molar-refractivity contribution in [3.8, 4) is 0 Å². The molecule has 7 aromatic rings. The Bertz CT molecular complexity index is 1990. The Kier molecular flexibility index (Phi) is 3.73. The number of rotatable bonds is 1. The highest BCUT2D eigenvalue weighted by Crippen LogP contribution is 2.56. The molecule has 3 nitrogen and oxygen atoms in total. The second kappa shape index (κ2) is 6.79. The summed E-state index contributed by atoms with van der Waals surface area (Å²) in [6.07, 6.45) is 0. The van der Waals surface area contributed by atoms with Crippen LogP contribution < -0.4 is 4.90 Å². The molecular weight excluding hydrogens is 442 g/mol. The van der Waals surface area contributed by atoms with Crippen LogP contribution >= 0.6 is 0 Å². The van der Waals surface area contributed by atoms with E-state index in [9.17, 15) is 0 Å². The van der Waals surface area contributed by atoms with Crippen LogP contribution in [0.5, 0.6) is 0 Å². The van der Waals surface area contributed by atoms with Crippen molar-refractivity contribution >= 4 is 60.9 Å². The molecule has 0 aliphatic carbocycles. The SMILES string of the molecule is CC1(C)c2ccccc2N(c2cccc3c2oc2ccccc23)c2c1ccc1c2oc2ccccc21. The highest BCUT2D eigenvalue weighted by atomic mass is 16.3. The number of nitrogens with zero attached hydrogens (tertiary/aromatic N) is 1. The molecule has 36 heavy (non-hydrogen) atoms. The fourth-order valence-electron chi connectivity index (χ4n) is 6.12. The average molecular weight is 466 g/mol. The highest BCUT2D eigenvalue weighted by molar-refractivity contribution is 6.15. The first-order chi connectivity index (χ1) is 17.6. The Morgan fingerprint density at radius 2 is 1.08 bits per heavy atom. The van der Waals surface area contributed by atoms with E-state index < -0.39 is 0 Å². The van der Waals surface area contributed by atoms with E-state index in [2.05, 4.69) is 97.6 Å². The maximum atomic E-state index is 6.61. The number of hydrogen-bond acceptors (Lipinski definition) is 3. The molecule has 0 radical (unpaired) electrons. The average Bonchev–Trinajstić information content (AvgIpc) is 3.48. The van der Waals surface area contributed by atoms with Crippen LogP contribution in [0.2, 0.25) is 0 Å². The lowest BCUT2D eigenvalue weighted by molar-refractivity contribution is 0.622. The van der Waals surface area contributed by atoms with E-state index in [0.717, 1.165) is 60.9 Å². The number of fused-ring (bicyclic) bond motifs is 9. The first-order valence-corrected chi connectivity index (χ1v) is 12.4. The second-order valence-corrected chi connectivity index (χ2v) is 10.2. The zero-order valence-electron chi connectivity index (χ0n) is 20.1. The molecule has 0 unspecified atom stereocenters. The monoisotopic (exact) mass is 465 g/mol. The number of benzene rings is 5. The van der Waals surface area contributed by atoms with Crippen LogP contribution in [0.4, 0.5) is 17.1 Å². The second-order valence-electron chi connectivity index (χ2n) is 10.2. The third kappa shape index (κ3) is 2.42. The number of para-hydroxylation sites is 4. The van der Waals surface area contributed by atoms with Gasteiger partial charge >= 0.3 is 0 Å². The Balaban J connectivity index is 1.55. The maximum Gasteiger partial charge on any atom is 0.159 e. The summed E-state index contributed by atoms with van der Waals surface area (Å²) >= 11 is 0. The van der Waals surface area contributed by atoms with Gasteiger partial charge in [0.2, 0.25) is 0 Å². The van der Waals surface area contributed by atoms with Gasteiger partial charge in [-0.3, -0.25) is 0 Å². The van der Waals surface area contributed by atoms with E-state index in [1.165, 1.54) is 11.1 Å². The van der Waals surface area contributed by atoms with Crippen LogP contribution in [0.1, 0.15) is 25.0 Å². The topological polar surface area (TPSA) is 29.5 Å². The van der Waals surface area contributed by atoms with Gasteiger partial charge in [-0.15, -0.1) is 0 Å². The summed E-state index contributed by atoms with van der Waals surface area (Å²) in [7, 11) is 0. The molecule has 0 fully saturated rings. The summed E-state index contributed by atoms with van der Waals surface area (Å²) in [4.78, 5) is 2.35. The third-order valence-electron chi connectivity index (χ3n) is 7.86. The molecule has 0 spiro atoms. The highest BCUT2D eigenvalue weighted by Gasteiger charge is 2.39. The molecule has 1 aliphatic heterocycles. The summed E-state index contributed by atoms with van der Waals surface area (Å²) < 4.78 is 13.1. The van der Waals surface area contributed by atoms with Crippen LogP contribution in [-0.2, 0) is 5.41 Å². The number of anilines is 3. The molecule has 3 heterocycles. The summed E-state index contributed by atoms with van der Waals surface area (Å²) in [6.45, 7) is 4.61. The normalized spacial score (nSPS) is 14.6. The molecule has 3 heteroatoms. The summed E-state index contributed by atoms with van der Waals surface area (Å²) in [6, 6.07) is 36.2. The molecule has 1 aliphatic rings. The Hall–Kier alpha value is -4.50. The molecule has 0 saturated carbocycles. The van der Waals surface area contributed by atoms with E-state index >= 15 is 0 Å². The van der Waals surface area contributed by atoms with Gasteiger partial charge in [-0.05, 0) is 35.4 Å². The van der Waals surface area contributed by atoms with Gasteiger partial charge in [0.15, 0.2) is 11.2 Å². The lowest BCUT2D eigenvalue weighted by atomic mass is 9.73. The predicted molar refractivity (Wildman–Crippen MR) is 148 cm³/mol. The molecule has 0 N–H and O–H groups in total.